The van der Waals surface area contributed by atoms with E-state index >= 15 is 0 Å². The number of nitrogens with zero attached hydrogens (tertiary/aromatic N) is 4. The number of benzene rings is 1. The Kier molecular flexibility index (Phi) is 6.45. The zero-order chi connectivity index (χ0) is 20.9. The van der Waals surface area contributed by atoms with Crippen molar-refractivity contribution in [1.82, 2.24) is 25.0 Å². The van der Waals surface area contributed by atoms with Crippen LogP contribution < -0.4 is 10.1 Å². The van der Waals surface area contributed by atoms with E-state index in [2.05, 4.69) is 46.3 Å². The van der Waals surface area contributed by atoms with Crippen LogP contribution in [0.25, 0.3) is 5.69 Å². The molecule has 0 spiro atoms. The van der Waals surface area contributed by atoms with E-state index in [1.165, 1.54) is 11.3 Å². The van der Waals surface area contributed by atoms with Gasteiger partial charge in [-0.05, 0) is 63.1 Å². The molecule has 1 aliphatic rings. The number of ether oxygens (including phenoxy) is 1. The molecule has 0 radical (unpaired) electrons. The summed E-state index contributed by atoms with van der Waals surface area (Å²) in [4.78, 5) is 6.95. The van der Waals surface area contributed by atoms with E-state index in [4.69, 9.17) is 4.74 Å². The molecule has 30 heavy (non-hydrogen) atoms. The first-order chi connectivity index (χ1) is 14.6. The number of pyridine rings is 1. The van der Waals surface area contributed by atoms with Gasteiger partial charge in [0.2, 0.25) is 0 Å². The fourth-order valence-corrected chi connectivity index (χ4v) is 4.25. The Morgan fingerprint density at radius 2 is 1.90 bits per heavy atom. The third-order valence-corrected chi connectivity index (χ3v) is 6.02. The highest BCUT2D eigenvalue weighted by Crippen LogP contribution is 2.23. The maximum absolute atomic E-state index is 5.26. The Morgan fingerprint density at radius 3 is 2.57 bits per heavy atom. The predicted octanol–water partition coefficient (Wildman–Crippen LogP) is 3.90. The summed E-state index contributed by atoms with van der Waals surface area (Å²) in [6, 6.07) is 15.0. The number of hydrogen-bond acceptors (Lipinski definition) is 5. The molecule has 1 aliphatic heterocycles. The second kappa shape index (κ2) is 9.41. The minimum Gasteiger partial charge on any atom is -0.497 e. The molecule has 4 rings (SSSR count). The Labute approximate surface area is 178 Å². The average molecular weight is 406 g/mol. The van der Waals surface area contributed by atoms with E-state index < -0.39 is 0 Å². The number of rotatable bonds is 7. The zero-order valence-corrected chi connectivity index (χ0v) is 18.1. The van der Waals surface area contributed by atoms with Crippen molar-refractivity contribution in [2.24, 2.45) is 0 Å². The summed E-state index contributed by atoms with van der Waals surface area (Å²) in [5, 5.41) is 8.46. The fourth-order valence-electron chi connectivity index (χ4n) is 4.25. The summed E-state index contributed by atoms with van der Waals surface area (Å²) < 4.78 is 7.26. The highest BCUT2D eigenvalue weighted by atomic mass is 16.5. The SMILES string of the molecule is COc1ccc(-n2ncc(C(C)NC3CCN(Cc4ccccn4)CC3)c2C)cc1. The summed E-state index contributed by atoms with van der Waals surface area (Å²) in [6.07, 6.45) is 6.18. The molecule has 0 saturated carbocycles. The highest BCUT2D eigenvalue weighted by molar-refractivity contribution is 5.39. The zero-order valence-electron chi connectivity index (χ0n) is 18.1. The van der Waals surface area contributed by atoms with Crippen molar-refractivity contribution in [2.45, 2.75) is 45.3 Å². The van der Waals surface area contributed by atoms with Crippen molar-refractivity contribution >= 4 is 0 Å². The monoisotopic (exact) mass is 405 g/mol. The van der Waals surface area contributed by atoms with E-state index in [9.17, 15) is 0 Å². The molecule has 1 fully saturated rings. The van der Waals surface area contributed by atoms with Crippen LogP contribution in [0.15, 0.2) is 54.9 Å². The van der Waals surface area contributed by atoms with Crippen molar-refractivity contribution in [3.8, 4) is 11.4 Å². The van der Waals surface area contributed by atoms with Crippen LogP contribution in [0, 0.1) is 6.92 Å². The Morgan fingerprint density at radius 1 is 1.13 bits per heavy atom. The lowest BCUT2D eigenvalue weighted by Gasteiger charge is -2.33. The minimum absolute atomic E-state index is 0.268. The largest absolute Gasteiger partial charge is 0.497 e. The smallest absolute Gasteiger partial charge is 0.119 e. The second-order valence-corrected chi connectivity index (χ2v) is 8.06. The van der Waals surface area contributed by atoms with Gasteiger partial charge in [-0.1, -0.05) is 6.07 Å². The summed E-state index contributed by atoms with van der Waals surface area (Å²) >= 11 is 0. The second-order valence-electron chi connectivity index (χ2n) is 8.06. The lowest BCUT2D eigenvalue weighted by Crippen LogP contribution is -2.43. The van der Waals surface area contributed by atoms with Gasteiger partial charge in [0.1, 0.15) is 5.75 Å². The molecule has 1 N–H and O–H groups in total. The highest BCUT2D eigenvalue weighted by Gasteiger charge is 2.23. The molecule has 0 bridgehead atoms. The van der Waals surface area contributed by atoms with Gasteiger partial charge in [-0.25, -0.2) is 4.68 Å². The Balaban J connectivity index is 1.33. The number of nitrogens with one attached hydrogen (secondary N) is 1. The minimum atomic E-state index is 0.268. The molecule has 1 atom stereocenters. The molecule has 3 aromatic rings. The first-order valence-corrected chi connectivity index (χ1v) is 10.7. The quantitative estimate of drug-likeness (QED) is 0.646. The Bertz CT molecular complexity index is 930. The average Bonchev–Trinajstić information content (AvgIpc) is 3.17. The van der Waals surface area contributed by atoms with Crippen LogP contribution >= 0.6 is 0 Å². The molecule has 6 nitrogen and oxygen atoms in total. The maximum atomic E-state index is 5.26. The lowest BCUT2D eigenvalue weighted by atomic mass is 10.0. The van der Waals surface area contributed by atoms with E-state index in [0.717, 1.165) is 49.6 Å². The van der Waals surface area contributed by atoms with Crippen LogP contribution in [-0.4, -0.2) is 45.9 Å². The summed E-state index contributed by atoms with van der Waals surface area (Å²) in [5.41, 5.74) is 4.63. The van der Waals surface area contributed by atoms with Crippen LogP contribution in [0.3, 0.4) is 0 Å². The lowest BCUT2D eigenvalue weighted by molar-refractivity contribution is 0.183. The van der Waals surface area contributed by atoms with Crippen molar-refractivity contribution in [3.05, 3.63) is 71.8 Å². The molecule has 1 unspecified atom stereocenters. The molecule has 1 saturated heterocycles. The molecular weight excluding hydrogens is 374 g/mol. The fraction of sp³-hybridized carbons (Fsp3) is 0.417. The third kappa shape index (κ3) is 4.71. The molecule has 3 heterocycles. The van der Waals surface area contributed by atoms with Gasteiger partial charge in [-0.3, -0.25) is 9.88 Å². The molecule has 1 aromatic carbocycles. The van der Waals surface area contributed by atoms with Crippen LogP contribution in [0.1, 0.15) is 42.8 Å². The summed E-state index contributed by atoms with van der Waals surface area (Å²) in [5.74, 6) is 0.855. The van der Waals surface area contributed by atoms with Gasteiger partial charge in [0.05, 0.1) is 24.7 Å². The Hall–Kier alpha value is -2.70. The van der Waals surface area contributed by atoms with Crippen molar-refractivity contribution in [2.75, 3.05) is 20.2 Å². The number of likely N-dealkylation sites (tertiary alicyclic amines) is 1. The first kappa shape index (κ1) is 20.6. The van der Waals surface area contributed by atoms with Crippen LogP contribution in [0.4, 0.5) is 0 Å². The van der Waals surface area contributed by atoms with E-state index in [1.54, 1.807) is 7.11 Å². The van der Waals surface area contributed by atoms with E-state index in [1.807, 2.05) is 47.4 Å². The predicted molar refractivity (Wildman–Crippen MR) is 119 cm³/mol. The summed E-state index contributed by atoms with van der Waals surface area (Å²) in [7, 11) is 1.68. The molecule has 6 heteroatoms. The molecular formula is C24H31N5O. The van der Waals surface area contributed by atoms with Crippen molar-refractivity contribution in [3.63, 3.8) is 0 Å². The molecule has 0 aliphatic carbocycles. The first-order valence-electron chi connectivity index (χ1n) is 10.7. The van der Waals surface area contributed by atoms with Gasteiger partial charge >= 0.3 is 0 Å². The molecule has 2 aromatic heterocycles. The van der Waals surface area contributed by atoms with Crippen molar-refractivity contribution in [1.29, 1.82) is 0 Å². The van der Waals surface area contributed by atoms with Gasteiger partial charge in [-0.15, -0.1) is 0 Å². The summed E-state index contributed by atoms with van der Waals surface area (Å²) in [6.45, 7) is 7.52. The maximum Gasteiger partial charge on any atom is 0.119 e. The van der Waals surface area contributed by atoms with Gasteiger partial charge in [-0.2, -0.15) is 5.10 Å². The number of aromatic nitrogens is 3. The number of hydrogen-bond donors (Lipinski definition) is 1. The normalized spacial score (nSPS) is 16.5. The standard InChI is InChI=1S/C24H31N5O/c1-18(24-16-26-29(19(24)2)22-7-9-23(30-3)10-8-22)27-20-11-14-28(15-12-20)17-21-6-4-5-13-25-21/h4-10,13,16,18,20,27H,11-12,14-15,17H2,1-3H3. The van der Waals surface area contributed by atoms with Crippen LogP contribution in [-0.2, 0) is 6.54 Å². The van der Waals surface area contributed by atoms with Gasteiger partial charge in [0, 0.05) is 49.2 Å². The third-order valence-electron chi connectivity index (χ3n) is 6.02. The van der Waals surface area contributed by atoms with E-state index in [-0.39, 0.29) is 6.04 Å². The molecule has 158 valence electrons. The number of piperidine rings is 1. The van der Waals surface area contributed by atoms with Gasteiger partial charge in [0.25, 0.3) is 0 Å². The number of methoxy groups -OCH3 is 1. The topological polar surface area (TPSA) is 55.2 Å². The van der Waals surface area contributed by atoms with Gasteiger partial charge < -0.3 is 10.1 Å². The van der Waals surface area contributed by atoms with Crippen LogP contribution in [0.5, 0.6) is 5.75 Å². The molecule has 0 amide bonds. The van der Waals surface area contributed by atoms with Crippen LogP contribution in [0.2, 0.25) is 0 Å². The van der Waals surface area contributed by atoms with Gasteiger partial charge in [0.15, 0.2) is 0 Å². The van der Waals surface area contributed by atoms with E-state index in [0.29, 0.717) is 6.04 Å². The van der Waals surface area contributed by atoms with Crippen molar-refractivity contribution < 1.29 is 4.74 Å².